The molecule has 1 aliphatic heterocycles. The third-order valence-corrected chi connectivity index (χ3v) is 5.44. The standard InChI is InChI=1S/C24H35N5O6/c1-24(2,3)34-23(31)26-11-10-25-22(30)17-7-6-12-29(14-17)15-20-27-21(28-35-20)16-8-9-18(32-4)19(13-16)33-5/h8-9,13,17H,6-7,10-12,14-15H2,1-5H3,(H,25,30)(H,26,31). The maximum atomic E-state index is 12.6. The molecule has 1 aromatic carbocycles. The molecule has 1 aromatic heterocycles. The van der Waals surface area contributed by atoms with E-state index in [9.17, 15) is 9.59 Å². The van der Waals surface area contributed by atoms with E-state index in [2.05, 4.69) is 25.7 Å². The third-order valence-electron chi connectivity index (χ3n) is 5.44. The second-order valence-electron chi connectivity index (χ2n) is 9.38. The topological polar surface area (TPSA) is 128 Å². The number of methoxy groups -OCH3 is 2. The van der Waals surface area contributed by atoms with Crippen molar-refractivity contribution in [2.24, 2.45) is 5.92 Å². The van der Waals surface area contributed by atoms with Gasteiger partial charge in [0.1, 0.15) is 5.60 Å². The molecule has 11 nitrogen and oxygen atoms in total. The molecular weight excluding hydrogens is 454 g/mol. The minimum atomic E-state index is -0.556. The first kappa shape index (κ1) is 26.3. The Morgan fingerprint density at radius 1 is 1.14 bits per heavy atom. The summed E-state index contributed by atoms with van der Waals surface area (Å²) in [6.45, 7) is 7.95. The summed E-state index contributed by atoms with van der Waals surface area (Å²) in [6, 6.07) is 5.43. The maximum absolute atomic E-state index is 12.6. The smallest absolute Gasteiger partial charge is 0.407 e. The van der Waals surface area contributed by atoms with E-state index in [1.165, 1.54) is 0 Å². The van der Waals surface area contributed by atoms with Gasteiger partial charge in [0.25, 0.3) is 0 Å². The quantitative estimate of drug-likeness (QED) is 0.511. The van der Waals surface area contributed by atoms with Crippen LogP contribution >= 0.6 is 0 Å². The molecule has 2 N–H and O–H groups in total. The van der Waals surface area contributed by atoms with Crippen molar-refractivity contribution in [3.63, 3.8) is 0 Å². The van der Waals surface area contributed by atoms with Crippen molar-refractivity contribution in [2.75, 3.05) is 40.4 Å². The van der Waals surface area contributed by atoms with Crippen LogP contribution in [0.2, 0.25) is 0 Å². The molecule has 0 aliphatic carbocycles. The van der Waals surface area contributed by atoms with E-state index in [0.717, 1.165) is 24.9 Å². The summed E-state index contributed by atoms with van der Waals surface area (Å²) in [5, 5.41) is 9.62. The Balaban J connectivity index is 1.47. The largest absolute Gasteiger partial charge is 0.493 e. The van der Waals surface area contributed by atoms with Crippen molar-refractivity contribution in [1.82, 2.24) is 25.7 Å². The van der Waals surface area contributed by atoms with Gasteiger partial charge in [0, 0.05) is 25.2 Å². The van der Waals surface area contributed by atoms with Crippen LogP contribution in [0.4, 0.5) is 4.79 Å². The second-order valence-corrected chi connectivity index (χ2v) is 9.38. The van der Waals surface area contributed by atoms with Crippen LogP contribution in [0.1, 0.15) is 39.5 Å². The predicted molar refractivity (Wildman–Crippen MR) is 128 cm³/mol. The Bertz CT molecular complexity index is 1000. The number of amides is 2. The first-order valence-corrected chi connectivity index (χ1v) is 11.7. The van der Waals surface area contributed by atoms with Crippen LogP contribution < -0.4 is 20.1 Å². The molecule has 1 fully saturated rings. The Morgan fingerprint density at radius 3 is 2.60 bits per heavy atom. The second kappa shape index (κ2) is 11.9. The Kier molecular flexibility index (Phi) is 8.91. The monoisotopic (exact) mass is 489 g/mol. The van der Waals surface area contributed by atoms with E-state index in [-0.39, 0.29) is 11.8 Å². The highest BCUT2D eigenvalue weighted by Gasteiger charge is 2.27. The molecule has 0 spiro atoms. The highest BCUT2D eigenvalue weighted by Crippen LogP contribution is 2.31. The number of likely N-dealkylation sites (tertiary alicyclic amines) is 1. The van der Waals surface area contributed by atoms with Gasteiger partial charge in [-0.2, -0.15) is 4.98 Å². The summed E-state index contributed by atoms with van der Waals surface area (Å²) in [7, 11) is 3.15. The lowest BCUT2D eigenvalue weighted by atomic mass is 9.97. The highest BCUT2D eigenvalue weighted by molar-refractivity contribution is 5.79. The van der Waals surface area contributed by atoms with Gasteiger partial charge in [-0.25, -0.2) is 4.79 Å². The molecule has 2 amide bonds. The predicted octanol–water partition coefficient (Wildman–Crippen LogP) is 2.61. The summed E-state index contributed by atoms with van der Waals surface area (Å²) in [4.78, 5) is 31.0. The number of hydrogen-bond donors (Lipinski definition) is 2. The van der Waals surface area contributed by atoms with Crippen LogP contribution in [0.25, 0.3) is 11.4 Å². The summed E-state index contributed by atoms with van der Waals surface area (Å²) in [6.07, 6.45) is 1.20. The first-order valence-electron chi connectivity index (χ1n) is 11.7. The van der Waals surface area contributed by atoms with E-state index < -0.39 is 11.7 Å². The van der Waals surface area contributed by atoms with Crippen molar-refractivity contribution < 1.29 is 28.3 Å². The number of nitrogens with one attached hydrogen (secondary N) is 2. The van der Waals surface area contributed by atoms with Gasteiger partial charge in [-0.05, 0) is 58.4 Å². The molecule has 11 heteroatoms. The zero-order chi connectivity index (χ0) is 25.4. The lowest BCUT2D eigenvalue weighted by Crippen LogP contribution is -2.44. The number of aromatic nitrogens is 2. The Labute approximate surface area is 205 Å². The van der Waals surface area contributed by atoms with Crippen molar-refractivity contribution in [2.45, 2.75) is 45.8 Å². The van der Waals surface area contributed by atoms with Crippen molar-refractivity contribution in [3.8, 4) is 22.9 Å². The number of carbonyl (C=O) groups excluding carboxylic acids is 2. The van der Waals surface area contributed by atoms with Crippen LogP contribution in [-0.2, 0) is 16.1 Å². The van der Waals surface area contributed by atoms with Gasteiger partial charge in [0.15, 0.2) is 11.5 Å². The van der Waals surface area contributed by atoms with Crippen LogP contribution in [0.5, 0.6) is 11.5 Å². The molecule has 35 heavy (non-hydrogen) atoms. The lowest BCUT2D eigenvalue weighted by Gasteiger charge is -2.30. The Morgan fingerprint density at radius 2 is 1.89 bits per heavy atom. The zero-order valence-electron chi connectivity index (χ0n) is 21.1. The fourth-order valence-corrected chi connectivity index (χ4v) is 3.82. The number of alkyl carbamates (subject to hydrolysis) is 1. The summed E-state index contributed by atoms with van der Waals surface area (Å²) in [5.74, 6) is 1.98. The fourth-order valence-electron chi connectivity index (χ4n) is 3.82. The van der Waals surface area contributed by atoms with Crippen molar-refractivity contribution in [1.29, 1.82) is 0 Å². The maximum Gasteiger partial charge on any atom is 0.407 e. The Hall–Kier alpha value is -3.34. The third kappa shape index (κ3) is 7.84. The van der Waals surface area contributed by atoms with E-state index in [0.29, 0.717) is 49.4 Å². The molecule has 192 valence electrons. The minimum absolute atomic E-state index is 0.0303. The normalized spacial score (nSPS) is 16.4. The molecule has 0 bridgehead atoms. The van der Waals surface area contributed by atoms with Crippen molar-refractivity contribution >= 4 is 12.0 Å². The van der Waals surface area contributed by atoms with Crippen LogP contribution in [0.3, 0.4) is 0 Å². The zero-order valence-corrected chi connectivity index (χ0v) is 21.1. The fraction of sp³-hybridized carbons (Fsp3) is 0.583. The van der Waals surface area contributed by atoms with Gasteiger partial charge in [-0.1, -0.05) is 5.16 Å². The van der Waals surface area contributed by atoms with E-state index in [1.54, 1.807) is 47.1 Å². The lowest BCUT2D eigenvalue weighted by molar-refractivity contribution is -0.126. The van der Waals surface area contributed by atoms with E-state index in [4.69, 9.17) is 18.7 Å². The summed E-state index contributed by atoms with van der Waals surface area (Å²) < 4.78 is 21.2. The summed E-state index contributed by atoms with van der Waals surface area (Å²) in [5.41, 5.74) is 0.202. The van der Waals surface area contributed by atoms with Crippen molar-refractivity contribution in [3.05, 3.63) is 24.1 Å². The molecular formula is C24H35N5O6. The van der Waals surface area contributed by atoms with Gasteiger partial charge in [-0.15, -0.1) is 0 Å². The molecule has 1 atom stereocenters. The highest BCUT2D eigenvalue weighted by atomic mass is 16.6. The molecule has 0 radical (unpaired) electrons. The van der Waals surface area contributed by atoms with Gasteiger partial charge in [0.2, 0.25) is 17.6 Å². The van der Waals surface area contributed by atoms with Gasteiger partial charge in [-0.3, -0.25) is 9.69 Å². The van der Waals surface area contributed by atoms with Crippen LogP contribution in [-0.4, -0.2) is 73.0 Å². The molecule has 2 aromatic rings. The first-order chi connectivity index (χ1) is 16.7. The van der Waals surface area contributed by atoms with E-state index in [1.807, 2.05) is 6.07 Å². The minimum Gasteiger partial charge on any atom is -0.493 e. The van der Waals surface area contributed by atoms with Crippen LogP contribution in [0, 0.1) is 5.92 Å². The molecule has 3 rings (SSSR count). The molecule has 1 saturated heterocycles. The molecule has 0 saturated carbocycles. The van der Waals surface area contributed by atoms with Gasteiger partial charge in [0.05, 0.1) is 26.7 Å². The number of rotatable bonds is 9. The number of ether oxygens (including phenoxy) is 3. The number of piperidine rings is 1. The average molecular weight is 490 g/mol. The molecule has 1 unspecified atom stereocenters. The molecule has 1 aliphatic rings. The average Bonchev–Trinajstić information content (AvgIpc) is 3.28. The van der Waals surface area contributed by atoms with Gasteiger partial charge < -0.3 is 29.4 Å². The number of nitrogens with zero attached hydrogens (tertiary/aromatic N) is 3. The van der Waals surface area contributed by atoms with Crippen LogP contribution in [0.15, 0.2) is 22.7 Å². The number of benzene rings is 1. The van der Waals surface area contributed by atoms with Gasteiger partial charge >= 0.3 is 6.09 Å². The van der Waals surface area contributed by atoms with E-state index >= 15 is 0 Å². The number of carbonyl (C=O) groups is 2. The SMILES string of the molecule is COc1ccc(-c2noc(CN3CCCC(C(=O)NCCNC(=O)OC(C)(C)C)C3)n2)cc1OC. The number of hydrogen-bond acceptors (Lipinski definition) is 9. The summed E-state index contributed by atoms with van der Waals surface area (Å²) >= 11 is 0. The molecule has 2 heterocycles.